The smallest absolute Gasteiger partial charge is 0.291 e. The Hall–Kier alpha value is -3.38. The molecule has 5 nitrogen and oxygen atoms in total. The molecule has 0 saturated carbocycles. The number of carbonyl (C=O) groups excluding carboxylic acids is 2. The lowest BCUT2D eigenvalue weighted by Crippen LogP contribution is -2.35. The van der Waals surface area contributed by atoms with Gasteiger partial charge in [0.2, 0.25) is 0 Å². The Balaban J connectivity index is 1.68. The van der Waals surface area contributed by atoms with Crippen LogP contribution in [0.25, 0.3) is 6.08 Å². The molecule has 2 amide bonds. The summed E-state index contributed by atoms with van der Waals surface area (Å²) in [6, 6.07) is 22.7. The highest BCUT2D eigenvalue weighted by atomic mass is 79.9. The summed E-state index contributed by atoms with van der Waals surface area (Å²) >= 11 is 3.17. The van der Waals surface area contributed by atoms with Gasteiger partial charge in [-0.3, -0.25) is 9.59 Å². The topological polar surface area (TPSA) is 71.3 Å². The summed E-state index contributed by atoms with van der Waals surface area (Å²) in [5, 5.41) is 5.47. The number of halogens is 1. The lowest BCUT2D eigenvalue weighted by atomic mass is 10.1. The molecule has 0 spiro atoms. The summed E-state index contributed by atoms with van der Waals surface area (Å²) in [6.45, 7) is 0.449. The molecule has 0 bridgehead atoms. The fourth-order valence-corrected chi connectivity index (χ4v) is 2.98. The molecule has 3 aromatic rings. The van der Waals surface area contributed by atoms with Gasteiger partial charge in [-0.1, -0.05) is 72.8 Å². The van der Waals surface area contributed by atoms with Gasteiger partial charge in [0, 0.05) is 6.54 Å². The third kappa shape index (κ3) is 6.60. The Morgan fingerprint density at radius 1 is 0.933 bits per heavy atom. The van der Waals surface area contributed by atoms with Gasteiger partial charge in [-0.05, 0) is 51.7 Å². The summed E-state index contributed by atoms with van der Waals surface area (Å²) < 4.78 is 5.71. The Morgan fingerprint density at radius 3 is 2.30 bits per heavy atom. The quantitative estimate of drug-likeness (QED) is 0.373. The molecule has 0 aliphatic rings. The number of amides is 2. The molecule has 2 N–H and O–H groups in total. The molecule has 30 heavy (non-hydrogen) atoms. The van der Waals surface area contributed by atoms with Crippen LogP contribution < -0.4 is 10.6 Å². The van der Waals surface area contributed by atoms with Crippen molar-refractivity contribution in [3.8, 4) is 0 Å². The third-order valence-corrected chi connectivity index (χ3v) is 4.61. The Morgan fingerprint density at radius 2 is 1.63 bits per heavy atom. The Bertz CT molecular complexity index is 1040. The second kappa shape index (κ2) is 11.0. The zero-order valence-corrected chi connectivity index (χ0v) is 17.8. The van der Waals surface area contributed by atoms with E-state index in [2.05, 4.69) is 26.6 Å². The van der Waals surface area contributed by atoms with Gasteiger partial charge in [0.05, 0.1) is 0 Å². The first-order valence-electron chi connectivity index (χ1n) is 9.44. The van der Waals surface area contributed by atoms with Crippen molar-refractivity contribution in [1.82, 2.24) is 10.6 Å². The van der Waals surface area contributed by atoms with Crippen LogP contribution in [0.1, 0.15) is 21.7 Å². The molecular formula is C24H21BrN2O3. The number of hydrogen-bond donors (Lipinski definition) is 2. The molecule has 3 rings (SSSR count). The molecule has 0 saturated heterocycles. The average Bonchev–Trinajstić information content (AvgIpc) is 3.21. The lowest BCUT2D eigenvalue weighted by molar-refractivity contribution is -0.117. The van der Waals surface area contributed by atoms with Crippen LogP contribution in [0, 0.1) is 0 Å². The van der Waals surface area contributed by atoms with Gasteiger partial charge in [0.15, 0.2) is 10.4 Å². The molecule has 1 aromatic heterocycles. The minimum absolute atomic E-state index is 0.108. The molecule has 152 valence electrons. The van der Waals surface area contributed by atoms with E-state index in [1.165, 1.54) is 6.07 Å². The van der Waals surface area contributed by atoms with Gasteiger partial charge in [0.25, 0.3) is 11.8 Å². The van der Waals surface area contributed by atoms with E-state index in [0.717, 1.165) is 11.1 Å². The minimum atomic E-state index is -0.502. The predicted molar refractivity (Wildman–Crippen MR) is 121 cm³/mol. The number of hydrogen-bond acceptors (Lipinski definition) is 3. The van der Waals surface area contributed by atoms with Crippen LogP contribution >= 0.6 is 15.9 Å². The second-order valence-electron chi connectivity index (χ2n) is 6.40. The Labute approximate surface area is 183 Å². The van der Waals surface area contributed by atoms with Crippen LogP contribution in [0.4, 0.5) is 0 Å². The van der Waals surface area contributed by atoms with Crippen LogP contribution in [0.5, 0.6) is 0 Å². The molecule has 0 unspecified atom stereocenters. The van der Waals surface area contributed by atoms with Crippen molar-refractivity contribution in [2.75, 3.05) is 6.54 Å². The number of allylic oxidation sites excluding steroid dienone is 2. The standard InChI is InChI=1S/C24H21BrN2O3/c25-22-15-14-21(30-22)24(29)27-20(13-7-12-18-8-3-1-4-9-18)23(28)26-17-16-19-10-5-2-6-11-19/h1-15H,16-17H2,(H,26,28)(H,27,29). The molecule has 0 radical (unpaired) electrons. The highest BCUT2D eigenvalue weighted by molar-refractivity contribution is 9.10. The lowest BCUT2D eigenvalue weighted by Gasteiger charge is -2.09. The van der Waals surface area contributed by atoms with Crippen molar-refractivity contribution >= 4 is 33.8 Å². The first-order chi connectivity index (χ1) is 14.6. The van der Waals surface area contributed by atoms with Crippen LogP contribution in [0.15, 0.2) is 99.7 Å². The Kier molecular flexibility index (Phi) is 7.80. The molecule has 1 heterocycles. The van der Waals surface area contributed by atoms with Crippen molar-refractivity contribution < 1.29 is 14.0 Å². The molecule has 6 heteroatoms. The van der Waals surface area contributed by atoms with Gasteiger partial charge in [0.1, 0.15) is 5.70 Å². The number of rotatable bonds is 8. The molecule has 0 aliphatic carbocycles. The van der Waals surface area contributed by atoms with Crippen molar-refractivity contribution in [2.24, 2.45) is 0 Å². The normalized spacial score (nSPS) is 11.4. The zero-order chi connectivity index (χ0) is 21.2. The van der Waals surface area contributed by atoms with Crippen molar-refractivity contribution in [3.05, 3.63) is 112 Å². The largest absolute Gasteiger partial charge is 0.444 e. The van der Waals surface area contributed by atoms with Crippen molar-refractivity contribution in [2.45, 2.75) is 6.42 Å². The van der Waals surface area contributed by atoms with E-state index in [1.807, 2.05) is 66.7 Å². The molecular weight excluding hydrogens is 444 g/mol. The van der Waals surface area contributed by atoms with Gasteiger partial charge in [-0.25, -0.2) is 0 Å². The van der Waals surface area contributed by atoms with Gasteiger partial charge in [-0.15, -0.1) is 0 Å². The highest BCUT2D eigenvalue weighted by Crippen LogP contribution is 2.14. The van der Waals surface area contributed by atoms with E-state index < -0.39 is 5.91 Å². The summed E-state index contributed by atoms with van der Waals surface area (Å²) in [5.41, 5.74) is 2.24. The van der Waals surface area contributed by atoms with Crippen molar-refractivity contribution in [1.29, 1.82) is 0 Å². The monoisotopic (exact) mass is 464 g/mol. The van der Waals surface area contributed by atoms with Crippen LogP contribution in [-0.4, -0.2) is 18.4 Å². The van der Waals surface area contributed by atoms with Gasteiger partial charge >= 0.3 is 0 Å². The van der Waals surface area contributed by atoms with E-state index in [9.17, 15) is 9.59 Å². The van der Waals surface area contributed by atoms with Crippen molar-refractivity contribution in [3.63, 3.8) is 0 Å². The third-order valence-electron chi connectivity index (χ3n) is 4.18. The fraction of sp³-hybridized carbons (Fsp3) is 0.0833. The summed E-state index contributed by atoms with van der Waals surface area (Å²) in [4.78, 5) is 25.1. The van der Waals surface area contributed by atoms with E-state index in [1.54, 1.807) is 18.2 Å². The van der Waals surface area contributed by atoms with Crippen LogP contribution in [0.2, 0.25) is 0 Å². The maximum atomic E-state index is 12.7. The first-order valence-corrected chi connectivity index (χ1v) is 10.2. The maximum Gasteiger partial charge on any atom is 0.291 e. The molecule has 0 fully saturated rings. The van der Waals surface area contributed by atoms with Crippen LogP contribution in [-0.2, 0) is 11.2 Å². The predicted octanol–water partition coefficient (Wildman–Crippen LogP) is 4.73. The van der Waals surface area contributed by atoms with E-state index in [-0.39, 0.29) is 17.4 Å². The average molecular weight is 465 g/mol. The first kappa shape index (κ1) is 21.3. The van der Waals surface area contributed by atoms with E-state index in [0.29, 0.717) is 17.6 Å². The minimum Gasteiger partial charge on any atom is -0.444 e. The number of carbonyl (C=O) groups is 2. The van der Waals surface area contributed by atoms with Gasteiger partial charge < -0.3 is 15.1 Å². The summed E-state index contributed by atoms with van der Waals surface area (Å²) in [5.74, 6) is -0.766. The van der Waals surface area contributed by atoms with Gasteiger partial charge in [-0.2, -0.15) is 0 Å². The van der Waals surface area contributed by atoms with E-state index in [4.69, 9.17) is 4.42 Å². The van der Waals surface area contributed by atoms with E-state index >= 15 is 0 Å². The second-order valence-corrected chi connectivity index (χ2v) is 7.18. The zero-order valence-electron chi connectivity index (χ0n) is 16.2. The number of nitrogens with one attached hydrogen (secondary N) is 2. The van der Waals surface area contributed by atoms with Crippen LogP contribution in [0.3, 0.4) is 0 Å². The molecule has 2 aromatic carbocycles. The maximum absolute atomic E-state index is 12.7. The SMILES string of the molecule is O=C(NCCc1ccccc1)C(=CC=Cc1ccccc1)NC(=O)c1ccc(Br)o1. The number of furan rings is 1. The fourth-order valence-electron chi connectivity index (χ4n) is 2.67. The molecule has 0 aliphatic heterocycles. The summed E-state index contributed by atoms with van der Waals surface area (Å²) in [6.07, 6.45) is 5.84. The summed E-state index contributed by atoms with van der Waals surface area (Å²) in [7, 11) is 0. The highest BCUT2D eigenvalue weighted by Gasteiger charge is 2.16. The molecule has 0 atom stereocenters. The number of benzene rings is 2.